The maximum atomic E-state index is 14.5. The van der Waals surface area contributed by atoms with E-state index in [4.69, 9.17) is 16.6 Å². The Bertz CT molecular complexity index is 1260. The van der Waals surface area contributed by atoms with Gasteiger partial charge in [0.2, 0.25) is 0 Å². The molecular formula is C25H23ClFN3O. The van der Waals surface area contributed by atoms with E-state index in [9.17, 15) is 9.18 Å². The first kappa shape index (κ1) is 21.1. The summed E-state index contributed by atoms with van der Waals surface area (Å²) in [5, 5.41) is 3.40. The van der Waals surface area contributed by atoms with E-state index in [0.717, 1.165) is 22.2 Å². The number of para-hydroxylation sites is 2. The monoisotopic (exact) mass is 435 g/mol. The summed E-state index contributed by atoms with van der Waals surface area (Å²) in [4.78, 5) is 17.7. The fourth-order valence-electron chi connectivity index (χ4n) is 3.84. The second-order valence-electron chi connectivity index (χ2n) is 7.76. The molecule has 6 heteroatoms. The zero-order valence-electron chi connectivity index (χ0n) is 17.6. The fraction of sp³-hybridized carbons (Fsp3) is 0.200. The Morgan fingerprint density at radius 1 is 1.13 bits per heavy atom. The van der Waals surface area contributed by atoms with Crippen LogP contribution in [0.2, 0.25) is 5.02 Å². The highest BCUT2D eigenvalue weighted by Gasteiger charge is 2.21. The van der Waals surface area contributed by atoms with Crippen molar-refractivity contribution >= 4 is 28.5 Å². The van der Waals surface area contributed by atoms with Crippen molar-refractivity contribution in [2.45, 2.75) is 33.4 Å². The van der Waals surface area contributed by atoms with Crippen LogP contribution >= 0.6 is 11.6 Å². The van der Waals surface area contributed by atoms with E-state index >= 15 is 0 Å². The number of imidazole rings is 1. The van der Waals surface area contributed by atoms with Crippen molar-refractivity contribution < 1.29 is 9.18 Å². The highest BCUT2D eigenvalue weighted by molar-refractivity contribution is 6.31. The van der Waals surface area contributed by atoms with E-state index in [1.54, 1.807) is 12.1 Å². The molecule has 0 saturated heterocycles. The number of benzene rings is 3. The molecule has 1 atom stereocenters. The number of hydrogen-bond acceptors (Lipinski definition) is 2. The zero-order chi connectivity index (χ0) is 22.1. The van der Waals surface area contributed by atoms with Gasteiger partial charge in [0.25, 0.3) is 5.91 Å². The van der Waals surface area contributed by atoms with E-state index in [1.807, 2.05) is 67.8 Å². The van der Waals surface area contributed by atoms with Gasteiger partial charge >= 0.3 is 0 Å². The molecule has 1 aromatic heterocycles. The Kier molecular flexibility index (Phi) is 5.79. The van der Waals surface area contributed by atoms with Gasteiger partial charge in [-0.2, -0.15) is 0 Å². The molecule has 0 spiro atoms. The van der Waals surface area contributed by atoms with E-state index in [-0.39, 0.29) is 18.3 Å². The minimum absolute atomic E-state index is 0.174. The summed E-state index contributed by atoms with van der Waals surface area (Å²) < 4.78 is 16.4. The Morgan fingerprint density at radius 3 is 2.65 bits per heavy atom. The number of nitrogens with one attached hydrogen (secondary N) is 1. The lowest BCUT2D eigenvalue weighted by molar-refractivity contribution is 0.0937. The second kappa shape index (κ2) is 8.52. The van der Waals surface area contributed by atoms with Gasteiger partial charge in [0, 0.05) is 16.1 Å². The molecular weight excluding hydrogens is 413 g/mol. The number of fused-ring (bicyclic) bond motifs is 1. The Hall–Kier alpha value is -3.18. The van der Waals surface area contributed by atoms with Crippen LogP contribution in [0.5, 0.6) is 0 Å². The number of halogens is 2. The number of rotatable bonds is 5. The van der Waals surface area contributed by atoms with Gasteiger partial charge in [0.15, 0.2) is 0 Å². The van der Waals surface area contributed by atoms with Gasteiger partial charge in [-0.25, -0.2) is 9.37 Å². The van der Waals surface area contributed by atoms with Crippen LogP contribution < -0.4 is 5.32 Å². The van der Waals surface area contributed by atoms with E-state index in [2.05, 4.69) is 5.32 Å². The number of aryl methyl sites for hydroxylation is 2. The van der Waals surface area contributed by atoms with Crippen LogP contribution in [-0.2, 0) is 6.54 Å². The average Bonchev–Trinajstić information content (AvgIpc) is 3.09. The summed E-state index contributed by atoms with van der Waals surface area (Å²) in [6.07, 6.45) is 0. The van der Waals surface area contributed by atoms with Crippen LogP contribution in [0.25, 0.3) is 11.0 Å². The van der Waals surface area contributed by atoms with E-state index in [1.165, 1.54) is 6.07 Å². The molecule has 4 aromatic rings. The summed E-state index contributed by atoms with van der Waals surface area (Å²) in [5.41, 5.74) is 4.66. The minimum atomic E-state index is -0.397. The molecule has 3 aromatic carbocycles. The lowest BCUT2D eigenvalue weighted by atomic mass is 10.0. The molecule has 1 amide bonds. The van der Waals surface area contributed by atoms with Crippen molar-refractivity contribution in [3.63, 3.8) is 0 Å². The van der Waals surface area contributed by atoms with Gasteiger partial charge in [-0.05, 0) is 56.7 Å². The number of carbonyl (C=O) groups is 1. The van der Waals surface area contributed by atoms with Gasteiger partial charge in [0.1, 0.15) is 11.6 Å². The molecule has 4 nitrogen and oxygen atoms in total. The highest BCUT2D eigenvalue weighted by atomic mass is 35.5. The number of hydrogen-bond donors (Lipinski definition) is 1. The topological polar surface area (TPSA) is 46.9 Å². The van der Waals surface area contributed by atoms with Crippen LogP contribution in [0.15, 0.2) is 60.7 Å². The van der Waals surface area contributed by atoms with Crippen LogP contribution in [0.4, 0.5) is 4.39 Å². The summed E-state index contributed by atoms with van der Waals surface area (Å²) in [5.74, 6) is 0.0920. The third-order valence-corrected chi connectivity index (χ3v) is 5.78. The normalized spacial score (nSPS) is 12.2. The molecule has 0 aliphatic carbocycles. The smallest absolute Gasteiger partial charge is 0.252 e. The molecule has 0 bridgehead atoms. The Morgan fingerprint density at radius 2 is 1.90 bits per heavy atom. The van der Waals surface area contributed by atoms with Crippen LogP contribution in [0, 0.1) is 19.7 Å². The van der Waals surface area contributed by atoms with Crippen molar-refractivity contribution in [3.05, 3.63) is 99.6 Å². The molecule has 0 saturated carbocycles. The third-order valence-electron chi connectivity index (χ3n) is 5.42. The number of aromatic nitrogens is 2. The number of nitrogens with zero attached hydrogens (tertiary/aromatic N) is 2. The standard InChI is InChI=1S/C25H23ClFN3O/c1-15-11-12-18(16(2)13-15)25(31)28-17(3)24-29-22-9-4-5-10-23(22)30(24)14-19-20(26)7-6-8-21(19)27/h4-13,17H,14H2,1-3H3,(H,28,31). The molecule has 158 valence electrons. The maximum Gasteiger partial charge on any atom is 0.252 e. The third kappa shape index (κ3) is 4.19. The van der Waals surface area contributed by atoms with Gasteiger partial charge < -0.3 is 9.88 Å². The molecule has 0 aliphatic heterocycles. The first-order valence-electron chi connectivity index (χ1n) is 10.1. The van der Waals surface area contributed by atoms with Gasteiger partial charge in [-0.1, -0.05) is 47.5 Å². The molecule has 4 rings (SSSR count). The largest absolute Gasteiger partial charge is 0.342 e. The van der Waals surface area contributed by atoms with Gasteiger partial charge in [-0.15, -0.1) is 0 Å². The number of carbonyl (C=O) groups excluding carboxylic acids is 1. The van der Waals surface area contributed by atoms with Crippen LogP contribution in [0.3, 0.4) is 0 Å². The van der Waals surface area contributed by atoms with Gasteiger partial charge in [0.05, 0.1) is 23.6 Å². The Balaban J connectivity index is 1.71. The van der Waals surface area contributed by atoms with E-state index < -0.39 is 6.04 Å². The van der Waals surface area contributed by atoms with Gasteiger partial charge in [-0.3, -0.25) is 4.79 Å². The van der Waals surface area contributed by atoms with Crippen molar-refractivity contribution in [1.82, 2.24) is 14.9 Å². The van der Waals surface area contributed by atoms with Crippen molar-refractivity contribution in [1.29, 1.82) is 0 Å². The number of amides is 1. The highest BCUT2D eigenvalue weighted by Crippen LogP contribution is 2.26. The quantitative estimate of drug-likeness (QED) is 0.419. The van der Waals surface area contributed by atoms with Crippen molar-refractivity contribution in [2.75, 3.05) is 0 Å². The molecule has 1 N–H and O–H groups in total. The zero-order valence-corrected chi connectivity index (χ0v) is 18.4. The first-order valence-corrected chi connectivity index (χ1v) is 10.5. The molecule has 1 heterocycles. The first-order chi connectivity index (χ1) is 14.8. The van der Waals surface area contributed by atoms with Crippen molar-refractivity contribution in [2.24, 2.45) is 0 Å². The van der Waals surface area contributed by atoms with Crippen LogP contribution in [-0.4, -0.2) is 15.5 Å². The predicted octanol–water partition coefficient (Wildman–Crippen LogP) is 5.98. The second-order valence-corrected chi connectivity index (χ2v) is 8.17. The maximum absolute atomic E-state index is 14.5. The lowest BCUT2D eigenvalue weighted by Crippen LogP contribution is -2.29. The van der Waals surface area contributed by atoms with Crippen molar-refractivity contribution in [3.8, 4) is 0 Å². The Labute approximate surface area is 185 Å². The summed E-state index contributed by atoms with van der Waals surface area (Å²) in [7, 11) is 0. The molecule has 0 radical (unpaired) electrons. The van der Waals surface area contributed by atoms with E-state index in [0.29, 0.717) is 22.0 Å². The molecule has 1 unspecified atom stereocenters. The molecule has 0 fully saturated rings. The molecule has 0 aliphatic rings. The fourth-order valence-corrected chi connectivity index (χ4v) is 4.06. The summed E-state index contributed by atoms with van der Waals surface area (Å²) in [6, 6.07) is 17.6. The summed E-state index contributed by atoms with van der Waals surface area (Å²) >= 11 is 6.28. The summed E-state index contributed by atoms with van der Waals surface area (Å²) in [6.45, 7) is 6.00. The molecule has 31 heavy (non-hydrogen) atoms. The van der Waals surface area contributed by atoms with Crippen LogP contribution in [0.1, 0.15) is 45.8 Å². The average molecular weight is 436 g/mol. The lowest BCUT2D eigenvalue weighted by Gasteiger charge is -2.18. The predicted molar refractivity (Wildman–Crippen MR) is 122 cm³/mol. The SMILES string of the molecule is Cc1ccc(C(=O)NC(C)c2nc3ccccc3n2Cc2c(F)cccc2Cl)c(C)c1. The minimum Gasteiger partial charge on any atom is -0.342 e.